The van der Waals surface area contributed by atoms with Crippen LogP contribution in [0.3, 0.4) is 0 Å². The van der Waals surface area contributed by atoms with Gasteiger partial charge in [0.1, 0.15) is 5.69 Å². The van der Waals surface area contributed by atoms with Gasteiger partial charge < -0.3 is 9.47 Å². The molecule has 0 aromatic heterocycles. The van der Waals surface area contributed by atoms with Crippen LogP contribution in [0.4, 0.5) is 17.1 Å². The number of nitrogens with zero attached hydrogens (tertiary/aromatic N) is 1. The number of halogens is 1. The molecule has 2 heterocycles. The van der Waals surface area contributed by atoms with Gasteiger partial charge in [0.15, 0.2) is 23.0 Å². The monoisotopic (exact) mass is 539 g/mol. The minimum Gasteiger partial charge on any atom is -0.453 e. The Labute approximate surface area is 221 Å². The maximum Gasteiger partial charge on any atom is 0.156 e. The quantitative estimate of drug-likeness (QED) is 0.207. The molecule has 0 saturated carbocycles. The SMILES string of the molecule is CC(C)(C)c1ccc2c(c1)N1c3cc(C(C)(C)C)ccc3Oc3cc(-c4ccc(Br)cc4)cc(c31)O2. The van der Waals surface area contributed by atoms with E-state index in [1.165, 1.54) is 11.1 Å². The summed E-state index contributed by atoms with van der Waals surface area (Å²) in [6.45, 7) is 13.5. The summed E-state index contributed by atoms with van der Waals surface area (Å²) in [5, 5.41) is 0. The van der Waals surface area contributed by atoms with Crippen LogP contribution in [0.2, 0.25) is 0 Å². The first kappa shape index (κ1) is 23.2. The van der Waals surface area contributed by atoms with Crippen molar-refractivity contribution in [3.8, 4) is 34.1 Å². The van der Waals surface area contributed by atoms with E-state index in [0.29, 0.717) is 0 Å². The number of ether oxygens (including phenoxy) is 2. The molecular weight excluding hydrogens is 510 g/mol. The van der Waals surface area contributed by atoms with Crippen molar-refractivity contribution in [2.24, 2.45) is 0 Å². The minimum atomic E-state index is 0.0198. The third-order valence-electron chi connectivity index (χ3n) is 7.01. The molecule has 0 fully saturated rings. The largest absolute Gasteiger partial charge is 0.453 e. The molecule has 0 aliphatic carbocycles. The van der Waals surface area contributed by atoms with Crippen molar-refractivity contribution < 1.29 is 9.47 Å². The van der Waals surface area contributed by atoms with Crippen LogP contribution in [-0.4, -0.2) is 0 Å². The van der Waals surface area contributed by atoms with Gasteiger partial charge in [-0.15, -0.1) is 0 Å². The third kappa shape index (κ3) is 3.79. The van der Waals surface area contributed by atoms with Crippen molar-refractivity contribution in [2.75, 3.05) is 4.90 Å². The number of hydrogen-bond acceptors (Lipinski definition) is 3. The van der Waals surface area contributed by atoms with E-state index >= 15 is 0 Å². The molecule has 4 heteroatoms. The van der Waals surface area contributed by atoms with Crippen LogP contribution in [-0.2, 0) is 10.8 Å². The number of rotatable bonds is 1. The van der Waals surface area contributed by atoms with E-state index < -0.39 is 0 Å². The van der Waals surface area contributed by atoms with Crippen LogP contribution in [0, 0.1) is 0 Å². The Morgan fingerprint density at radius 1 is 0.556 bits per heavy atom. The molecule has 0 unspecified atom stereocenters. The Kier molecular flexibility index (Phi) is 5.07. The highest BCUT2D eigenvalue weighted by atomic mass is 79.9. The van der Waals surface area contributed by atoms with Crippen LogP contribution >= 0.6 is 15.9 Å². The Balaban J connectivity index is 1.60. The number of fused-ring (bicyclic) bond motifs is 4. The number of anilines is 3. The standard InChI is InChI=1S/C32H30BrNO2/c1-31(2,3)21-9-13-26-24(17-21)34-25-18-22(32(4,5)6)10-14-27(25)36-29-16-20(15-28(35-26)30(29)34)19-7-11-23(33)12-8-19/h7-18H,1-6H3. The molecule has 36 heavy (non-hydrogen) atoms. The molecule has 0 spiro atoms. The summed E-state index contributed by atoms with van der Waals surface area (Å²) in [5.74, 6) is 3.30. The predicted octanol–water partition coefficient (Wildman–Crippen LogP) is 10.4. The van der Waals surface area contributed by atoms with E-state index in [-0.39, 0.29) is 10.8 Å². The first-order valence-corrected chi connectivity index (χ1v) is 13.2. The molecule has 0 bridgehead atoms. The van der Waals surface area contributed by atoms with Gasteiger partial charge in [0.05, 0.1) is 11.4 Å². The highest BCUT2D eigenvalue weighted by Gasteiger charge is 2.36. The fraction of sp³-hybridized carbons (Fsp3) is 0.250. The summed E-state index contributed by atoms with van der Waals surface area (Å²) in [4.78, 5) is 2.33. The molecule has 0 atom stereocenters. The van der Waals surface area contributed by atoms with E-state index in [1.807, 2.05) is 0 Å². The van der Waals surface area contributed by atoms with Gasteiger partial charge in [0, 0.05) is 4.47 Å². The fourth-order valence-corrected chi connectivity index (χ4v) is 5.13. The Hall–Kier alpha value is -3.24. The predicted molar refractivity (Wildman–Crippen MR) is 152 cm³/mol. The molecule has 2 aliphatic heterocycles. The Morgan fingerprint density at radius 2 is 1.03 bits per heavy atom. The highest BCUT2D eigenvalue weighted by Crippen LogP contribution is 2.61. The van der Waals surface area contributed by atoms with Crippen molar-refractivity contribution in [1.82, 2.24) is 0 Å². The van der Waals surface area contributed by atoms with E-state index in [2.05, 4.69) is 135 Å². The van der Waals surface area contributed by atoms with E-state index in [1.54, 1.807) is 0 Å². The third-order valence-corrected chi connectivity index (χ3v) is 7.54. The first-order chi connectivity index (χ1) is 17.0. The summed E-state index contributed by atoms with van der Waals surface area (Å²) >= 11 is 3.54. The first-order valence-electron chi connectivity index (χ1n) is 12.4. The van der Waals surface area contributed by atoms with Gasteiger partial charge in [-0.05, 0) is 81.6 Å². The van der Waals surface area contributed by atoms with Gasteiger partial charge in [-0.2, -0.15) is 0 Å². The lowest BCUT2D eigenvalue weighted by Gasteiger charge is -2.39. The minimum absolute atomic E-state index is 0.0198. The van der Waals surface area contributed by atoms with Crippen molar-refractivity contribution >= 4 is 33.0 Å². The van der Waals surface area contributed by atoms with Crippen LogP contribution in [0.15, 0.2) is 77.3 Å². The van der Waals surface area contributed by atoms with E-state index in [9.17, 15) is 0 Å². The Bertz CT molecular complexity index is 1420. The highest BCUT2D eigenvalue weighted by molar-refractivity contribution is 9.10. The van der Waals surface area contributed by atoms with Gasteiger partial charge >= 0.3 is 0 Å². The summed E-state index contributed by atoms with van der Waals surface area (Å²) in [6, 6.07) is 25.7. The van der Waals surface area contributed by atoms with Crippen molar-refractivity contribution in [1.29, 1.82) is 0 Å². The zero-order chi connectivity index (χ0) is 25.4. The zero-order valence-electron chi connectivity index (χ0n) is 21.6. The lowest BCUT2D eigenvalue weighted by molar-refractivity contribution is 0.445. The Morgan fingerprint density at radius 3 is 1.47 bits per heavy atom. The molecule has 0 amide bonds. The van der Waals surface area contributed by atoms with Gasteiger partial charge in [0.2, 0.25) is 0 Å². The van der Waals surface area contributed by atoms with Crippen LogP contribution in [0.5, 0.6) is 23.0 Å². The summed E-state index contributed by atoms with van der Waals surface area (Å²) < 4.78 is 14.2. The lowest BCUT2D eigenvalue weighted by atomic mass is 9.85. The molecule has 4 aromatic rings. The molecule has 3 nitrogen and oxygen atoms in total. The number of benzene rings is 4. The average molecular weight is 541 g/mol. The molecular formula is C32H30BrNO2. The molecule has 6 rings (SSSR count). The fourth-order valence-electron chi connectivity index (χ4n) is 4.86. The normalized spacial score (nSPS) is 13.8. The molecule has 2 aliphatic rings. The summed E-state index contributed by atoms with van der Waals surface area (Å²) in [5.41, 5.74) is 7.78. The zero-order valence-corrected chi connectivity index (χ0v) is 23.2. The average Bonchev–Trinajstić information content (AvgIpc) is 2.82. The van der Waals surface area contributed by atoms with E-state index in [0.717, 1.165) is 55.7 Å². The molecule has 0 N–H and O–H groups in total. The number of hydrogen-bond donors (Lipinski definition) is 0. The van der Waals surface area contributed by atoms with Crippen molar-refractivity contribution in [3.63, 3.8) is 0 Å². The lowest BCUT2D eigenvalue weighted by Crippen LogP contribution is -2.22. The van der Waals surface area contributed by atoms with Crippen molar-refractivity contribution in [3.05, 3.63) is 88.4 Å². The topological polar surface area (TPSA) is 21.7 Å². The van der Waals surface area contributed by atoms with Gasteiger partial charge in [-0.3, -0.25) is 4.90 Å². The van der Waals surface area contributed by atoms with Gasteiger partial charge in [-0.25, -0.2) is 0 Å². The van der Waals surface area contributed by atoms with E-state index in [4.69, 9.17) is 9.47 Å². The maximum atomic E-state index is 6.56. The summed E-state index contributed by atoms with van der Waals surface area (Å²) in [6.07, 6.45) is 0. The van der Waals surface area contributed by atoms with Crippen molar-refractivity contribution in [2.45, 2.75) is 52.4 Å². The molecule has 0 saturated heterocycles. The van der Waals surface area contributed by atoms with Crippen LogP contribution in [0.25, 0.3) is 11.1 Å². The summed E-state index contributed by atoms with van der Waals surface area (Å²) in [7, 11) is 0. The van der Waals surface area contributed by atoms with Gasteiger partial charge in [-0.1, -0.05) is 81.7 Å². The molecule has 4 aromatic carbocycles. The second-order valence-electron chi connectivity index (χ2n) is 11.7. The smallest absolute Gasteiger partial charge is 0.156 e. The molecule has 0 radical (unpaired) electrons. The second kappa shape index (κ2) is 7.88. The van der Waals surface area contributed by atoms with Crippen LogP contribution in [0.1, 0.15) is 52.7 Å². The van der Waals surface area contributed by atoms with Crippen LogP contribution < -0.4 is 14.4 Å². The second-order valence-corrected chi connectivity index (χ2v) is 12.6. The molecule has 182 valence electrons. The van der Waals surface area contributed by atoms with Gasteiger partial charge in [0.25, 0.3) is 0 Å². The maximum absolute atomic E-state index is 6.56.